The lowest BCUT2D eigenvalue weighted by Crippen LogP contribution is -2.32. The molecular formula is C15H19N3O3. The fourth-order valence-corrected chi connectivity index (χ4v) is 2.34. The van der Waals surface area contributed by atoms with Gasteiger partial charge >= 0.3 is 0 Å². The number of aromatic nitrogens is 2. The topological polar surface area (TPSA) is 69.4 Å². The molecule has 1 aromatic carbocycles. The van der Waals surface area contributed by atoms with Gasteiger partial charge in [0.25, 0.3) is 5.89 Å². The van der Waals surface area contributed by atoms with Crippen LogP contribution in [0.5, 0.6) is 5.75 Å². The van der Waals surface area contributed by atoms with Crippen molar-refractivity contribution < 1.29 is 14.0 Å². The van der Waals surface area contributed by atoms with Gasteiger partial charge in [-0.1, -0.05) is 17.3 Å². The Hall–Kier alpha value is -1.92. The lowest BCUT2D eigenvalue weighted by atomic mass is 10.1. The van der Waals surface area contributed by atoms with Crippen LogP contribution in [0, 0.1) is 0 Å². The normalized spacial score (nSPS) is 16.0. The second-order valence-electron chi connectivity index (χ2n) is 5.00. The average Bonchev–Trinajstić information content (AvgIpc) is 3.03. The summed E-state index contributed by atoms with van der Waals surface area (Å²) in [7, 11) is 1.63. The van der Waals surface area contributed by atoms with Gasteiger partial charge in [0.15, 0.2) is 0 Å². The van der Waals surface area contributed by atoms with E-state index >= 15 is 0 Å². The molecule has 112 valence electrons. The van der Waals surface area contributed by atoms with Gasteiger partial charge in [0, 0.05) is 5.56 Å². The lowest BCUT2D eigenvalue weighted by molar-refractivity contribution is 0.00859. The molecule has 0 bridgehead atoms. The monoisotopic (exact) mass is 289 g/mol. The molecule has 6 heteroatoms. The van der Waals surface area contributed by atoms with Crippen molar-refractivity contribution in [3.63, 3.8) is 0 Å². The van der Waals surface area contributed by atoms with Gasteiger partial charge < -0.3 is 19.3 Å². The first kappa shape index (κ1) is 14.0. The molecule has 1 aliphatic heterocycles. The zero-order valence-corrected chi connectivity index (χ0v) is 12.0. The number of nitrogens with one attached hydrogen (secondary N) is 1. The van der Waals surface area contributed by atoms with Crippen LogP contribution in [0.15, 0.2) is 28.8 Å². The summed E-state index contributed by atoms with van der Waals surface area (Å²) in [6, 6.07) is 7.58. The Balaban J connectivity index is 1.62. The summed E-state index contributed by atoms with van der Waals surface area (Å²) >= 11 is 0. The van der Waals surface area contributed by atoms with Crippen molar-refractivity contribution in [3.8, 4) is 17.1 Å². The molecular weight excluding hydrogens is 270 g/mol. The first-order valence-electron chi connectivity index (χ1n) is 7.14. The summed E-state index contributed by atoms with van der Waals surface area (Å²) < 4.78 is 16.2. The van der Waals surface area contributed by atoms with Crippen LogP contribution < -0.4 is 10.1 Å². The van der Waals surface area contributed by atoms with E-state index in [0.717, 1.165) is 37.2 Å². The van der Waals surface area contributed by atoms with Gasteiger partial charge in [-0.15, -0.1) is 0 Å². The molecule has 1 saturated heterocycles. The summed E-state index contributed by atoms with van der Waals surface area (Å²) in [6.45, 7) is 2.37. The first-order chi connectivity index (χ1) is 10.3. The molecule has 0 spiro atoms. The first-order valence-corrected chi connectivity index (χ1v) is 7.14. The third-order valence-corrected chi connectivity index (χ3v) is 3.52. The molecule has 1 N–H and O–H groups in total. The van der Waals surface area contributed by atoms with Crippen molar-refractivity contribution in [2.75, 3.05) is 20.2 Å². The molecule has 2 aromatic rings. The van der Waals surface area contributed by atoms with E-state index in [0.29, 0.717) is 18.3 Å². The summed E-state index contributed by atoms with van der Waals surface area (Å²) in [4.78, 5) is 4.37. The Kier molecular flexibility index (Phi) is 4.47. The smallest absolute Gasteiger partial charge is 0.252 e. The van der Waals surface area contributed by atoms with Gasteiger partial charge in [-0.25, -0.2) is 0 Å². The van der Waals surface area contributed by atoms with E-state index in [1.54, 1.807) is 7.11 Å². The second kappa shape index (κ2) is 6.69. The highest BCUT2D eigenvalue weighted by Crippen LogP contribution is 2.21. The molecule has 2 heterocycles. The number of piperidine rings is 1. The fourth-order valence-electron chi connectivity index (χ4n) is 2.34. The number of benzene rings is 1. The maximum Gasteiger partial charge on any atom is 0.252 e. The van der Waals surface area contributed by atoms with Crippen molar-refractivity contribution in [2.45, 2.75) is 25.6 Å². The standard InChI is InChI=1S/C15H19N3O3/c1-19-13-4-2-3-11(9-13)15-17-14(21-18-15)10-20-12-5-7-16-8-6-12/h2-4,9,12,16H,5-8,10H2,1H3. The van der Waals surface area contributed by atoms with Crippen LogP contribution in [-0.4, -0.2) is 36.4 Å². The Morgan fingerprint density at radius 2 is 2.19 bits per heavy atom. The largest absolute Gasteiger partial charge is 0.497 e. The molecule has 1 aromatic heterocycles. The number of rotatable bonds is 5. The van der Waals surface area contributed by atoms with Crippen molar-refractivity contribution >= 4 is 0 Å². The Morgan fingerprint density at radius 3 is 3.00 bits per heavy atom. The Bertz CT molecular complexity index is 579. The molecule has 6 nitrogen and oxygen atoms in total. The van der Waals surface area contributed by atoms with E-state index in [1.807, 2.05) is 24.3 Å². The van der Waals surface area contributed by atoms with Crippen LogP contribution in [0.2, 0.25) is 0 Å². The predicted octanol–water partition coefficient (Wildman–Crippen LogP) is 2.01. The number of hydrogen-bond donors (Lipinski definition) is 1. The van der Waals surface area contributed by atoms with E-state index in [4.69, 9.17) is 14.0 Å². The van der Waals surface area contributed by atoms with Gasteiger partial charge in [-0.05, 0) is 38.1 Å². The third-order valence-electron chi connectivity index (χ3n) is 3.52. The van der Waals surface area contributed by atoms with E-state index in [-0.39, 0.29) is 6.10 Å². The summed E-state index contributed by atoms with van der Waals surface area (Å²) in [6.07, 6.45) is 2.33. The van der Waals surface area contributed by atoms with Crippen LogP contribution in [-0.2, 0) is 11.3 Å². The SMILES string of the molecule is COc1cccc(-c2noc(COC3CCNCC3)n2)c1. The molecule has 0 aliphatic carbocycles. The van der Waals surface area contributed by atoms with Crippen molar-refractivity contribution in [3.05, 3.63) is 30.2 Å². The minimum atomic E-state index is 0.276. The second-order valence-corrected chi connectivity index (χ2v) is 5.00. The molecule has 0 saturated carbocycles. The van der Waals surface area contributed by atoms with Gasteiger partial charge in [-0.2, -0.15) is 4.98 Å². The molecule has 3 rings (SSSR count). The number of hydrogen-bond acceptors (Lipinski definition) is 6. The van der Waals surface area contributed by atoms with Gasteiger partial charge in [0.2, 0.25) is 5.82 Å². The summed E-state index contributed by atoms with van der Waals surface area (Å²) in [5.74, 6) is 1.83. The minimum absolute atomic E-state index is 0.276. The van der Waals surface area contributed by atoms with Crippen LogP contribution in [0.1, 0.15) is 18.7 Å². The van der Waals surface area contributed by atoms with Crippen LogP contribution in [0.4, 0.5) is 0 Å². The van der Waals surface area contributed by atoms with Crippen LogP contribution in [0.25, 0.3) is 11.4 Å². The highest BCUT2D eigenvalue weighted by molar-refractivity contribution is 5.56. The molecule has 21 heavy (non-hydrogen) atoms. The predicted molar refractivity (Wildman–Crippen MR) is 77.0 cm³/mol. The fraction of sp³-hybridized carbons (Fsp3) is 0.467. The van der Waals surface area contributed by atoms with E-state index < -0.39 is 0 Å². The highest BCUT2D eigenvalue weighted by Gasteiger charge is 2.15. The highest BCUT2D eigenvalue weighted by atomic mass is 16.5. The number of methoxy groups -OCH3 is 1. The van der Waals surface area contributed by atoms with Crippen molar-refractivity contribution in [1.82, 2.24) is 15.5 Å². The van der Waals surface area contributed by atoms with E-state index in [9.17, 15) is 0 Å². The maximum absolute atomic E-state index is 5.80. The molecule has 0 amide bonds. The van der Waals surface area contributed by atoms with Crippen LogP contribution in [0.3, 0.4) is 0 Å². The van der Waals surface area contributed by atoms with Gasteiger partial charge in [0.1, 0.15) is 12.4 Å². The number of ether oxygens (including phenoxy) is 2. The van der Waals surface area contributed by atoms with Crippen LogP contribution >= 0.6 is 0 Å². The van der Waals surface area contributed by atoms with Crippen molar-refractivity contribution in [1.29, 1.82) is 0 Å². The zero-order chi connectivity index (χ0) is 14.5. The Morgan fingerprint density at radius 1 is 1.33 bits per heavy atom. The van der Waals surface area contributed by atoms with E-state index in [2.05, 4.69) is 15.5 Å². The summed E-state index contributed by atoms with van der Waals surface area (Å²) in [5.41, 5.74) is 0.867. The van der Waals surface area contributed by atoms with E-state index in [1.165, 1.54) is 0 Å². The molecule has 0 radical (unpaired) electrons. The molecule has 0 atom stereocenters. The third kappa shape index (κ3) is 3.59. The lowest BCUT2D eigenvalue weighted by Gasteiger charge is -2.21. The average molecular weight is 289 g/mol. The minimum Gasteiger partial charge on any atom is -0.497 e. The molecule has 1 aliphatic rings. The Labute approximate surface area is 123 Å². The number of nitrogens with zero attached hydrogens (tertiary/aromatic N) is 2. The van der Waals surface area contributed by atoms with Gasteiger partial charge in [-0.3, -0.25) is 0 Å². The zero-order valence-electron chi connectivity index (χ0n) is 12.0. The molecule has 1 fully saturated rings. The quantitative estimate of drug-likeness (QED) is 0.908. The maximum atomic E-state index is 5.80. The van der Waals surface area contributed by atoms with Crippen molar-refractivity contribution in [2.24, 2.45) is 0 Å². The summed E-state index contributed by atoms with van der Waals surface area (Å²) in [5, 5.41) is 7.30. The van der Waals surface area contributed by atoms with Gasteiger partial charge in [0.05, 0.1) is 13.2 Å². The molecule has 0 unspecified atom stereocenters.